The molecule has 0 aliphatic carbocycles. The number of hydrogen-bond acceptors (Lipinski definition) is 3. The van der Waals surface area contributed by atoms with E-state index in [2.05, 4.69) is 46.6 Å². The first-order valence-electron chi connectivity index (χ1n) is 11.3. The molecule has 2 heterocycles. The summed E-state index contributed by atoms with van der Waals surface area (Å²) in [6.07, 6.45) is 3.13. The monoisotopic (exact) mass is 421 g/mol. The fourth-order valence-electron chi connectivity index (χ4n) is 4.68. The number of benzene rings is 3. The van der Waals surface area contributed by atoms with Crippen LogP contribution in [-0.2, 0) is 6.42 Å². The number of carbonyl (C=O) groups excluding carboxylic acids is 1. The van der Waals surface area contributed by atoms with E-state index in [-0.39, 0.29) is 5.91 Å². The molecule has 0 unspecified atom stereocenters. The molecule has 4 heteroatoms. The van der Waals surface area contributed by atoms with Crippen LogP contribution in [0.4, 0.5) is 0 Å². The molecule has 160 valence electrons. The van der Waals surface area contributed by atoms with Crippen LogP contribution in [-0.4, -0.2) is 34.1 Å². The van der Waals surface area contributed by atoms with E-state index in [1.165, 1.54) is 5.56 Å². The van der Waals surface area contributed by atoms with Crippen LogP contribution in [0.15, 0.2) is 78.9 Å². The van der Waals surface area contributed by atoms with Crippen LogP contribution in [0, 0.1) is 12.8 Å². The topological polar surface area (TPSA) is 46.1 Å². The number of amides is 1. The molecule has 4 nitrogen and oxygen atoms in total. The average molecular weight is 422 g/mol. The number of nitrogens with zero attached hydrogens (tertiary/aromatic N) is 3. The summed E-state index contributed by atoms with van der Waals surface area (Å²) in [5, 5.41) is 9.81. The van der Waals surface area contributed by atoms with Crippen molar-refractivity contribution in [2.75, 3.05) is 13.1 Å². The van der Waals surface area contributed by atoms with Gasteiger partial charge in [0.25, 0.3) is 5.91 Å². The Morgan fingerprint density at radius 1 is 0.906 bits per heavy atom. The molecule has 4 aromatic rings. The quantitative estimate of drug-likeness (QED) is 0.425. The molecule has 1 aliphatic heterocycles. The number of carbonyl (C=O) groups is 1. The Hall–Kier alpha value is -3.53. The van der Waals surface area contributed by atoms with Gasteiger partial charge in [0.15, 0.2) is 0 Å². The van der Waals surface area contributed by atoms with Crippen LogP contribution in [0.1, 0.15) is 34.3 Å². The summed E-state index contributed by atoms with van der Waals surface area (Å²) in [7, 11) is 0. The van der Waals surface area contributed by atoms with Crippen LogP contribution < -0.4 is 0 Å². The van der Waals surface area contributed by atoms with Gasteiger partial charge in [-0.15, -0.1) is 10.2 Å². The zero-order chi connectivity index (χ0) is 21.9. The number of aromatic nitrogens is 2. The molecular formula is C28H27N3O. The van der Waals surface area contributed by atoms with E-state index in [1.54, 1.807) is 0 Å². The van der Waals surface area contributed by atoms with E-state index in [0.29, 0.717) is 17.2 Å². The van der Waals surface area contributed by atoms with Gasteiger partial charge in [0.2, 0.25) is 0 Å². The van der Waals surface area contributed by atoms with E-state index in [9.17, 15) is 4.79 Å². The third-order valence-corrected chi connectivity index (χ3v) is 6.45. The molecule has 1 saturated heterocycles. The van der Waals surface area contributed by atoms with Crippen molar-refractivity contribution in [2.24, 2.45) is 5.92 Å². The Balaban J connectivity index is 1.45. The van der Waals surface area contributed by atoms with Gasteiger partial charge in [-0.1, -0.05) is 72.3 Å². The van der Waals surface area contributed by atoms with E-state index in [0.717, 1.165) is 54.4 Å². The first kappa shape index (κ1) is 20.4. The molecule has 0 N–H and O–H groups in total. The normalized spacial score (nSPS) is 14.6. The zero-order valence-electron chi connectivity index (χ0n) is 18.4. The number of piperidine rings is 1. The number of fused-ring (bicyclic) bond motifs is 1. The zero-order valence-corrected chi connectivity index (χ0v) is 18.4. The fraction of sp³-hybridized carbons (Fsp3) is 0.250. The molecule has 3 aromatic carbocycles. The smallest absolute Gasteiger partial charge is 0.256 e. The predicted octanol–water partition coefficient (Wildman–Crippen LogP) is 5.70. The largest absolute Gasteiger partial charge is 0.339 e. The molecule has 1 amide bonds. The second kappa shape index (κ2) is 8.91. The Morgan fingerprint density at radius 2 is 1.59 bits per heavy atom. The third kappa shape index (κ3) is 4.13. The lowest BCUT2D eigenvalue weighted by molar-refractivity contribution is 0.0693. The van der Waals surface area contributed by atoms with Gasteiger partial charge in [0.05, 0.1) is 11.1 Å². The number of hydrogen-bond donors (Lipinski definition) is 0. The minimum Gasteiger partial charge on any atom is -0.339 e. The summed E-state index contributed by atoms with van der Waals surface area (Å²) in [6, 6.07) is 26.6. The summed E-state index contributed by atoms with van der Waals surface area (Å²) >= 11 is 0. The lowest BCUT2D eigenvalue weighted by Crippen LogP contribution is -2.39. The van der Waals surface area contributed by atoms with Gasteiger partial charge >= 0.3 is 0 Å². The summed E-state index contributed by atoms with van der Waals surface area (Å²) < 4.78 is 0. The van der Waals surface area contributed by atoms with Crippen LogP contribution in [0.2, 0.25) is 0 Å². The number of rotatable bonds is 4. The van der Waals surface area contributed by atoms with E-state index < -0.39 is 0 Å². The predicted molar refractivity (Wildman–Crippen MR) is 128 cm³/mol. The molecular weight excluding hydrogens is 394 g/mol. The average Bonchev–Trinajstić information content (AvgIpc) is 2.84. The van der Waals surface area contributed by atoms with Crippen molar-refractivity contribution >= 4 is 16.8 Å². The maximum absolute atomic E-state index is 13.8. The Labute approximate surface area is 188 Å². The number of likely N-dealkylation sites (tertiary alicyclic amines) is 1. The molecule has 0 spiro atoms. The van der Waals surface area contributed by atoms with Gasteiger partial charge in [0, 0.05) is 24.0 Å². The number of aryl methyl sites for hydroxylation is 1. The first-order valence-corrected chi connectivity index (χ1v) is 11.3. The molecule has 0 saturated carbocycles. The van der Waals surface area contributed by atoms with Crippen LogP contribution in [0.3, 0.4) is 0 Å². The standard InChI is InChI=1S/C28H27N3O/c1-20-12-13-25-24(18-20)26(27(30-29-25)23-10-6-3-7-11-23)28(32)31-16-14-22(15-17-31)19-21-8-4-2-5-9-21/h2-13,18,22H,14-17,19H2,1H3. The fourth-order valence-corrected chi connectivity index (χ4v) is 4.68. The van der Waals surface area contributed by atoms with Crippen molar-refractivity contribution in [3.8, 4) is 11.3 Å². The van der Waals surface area contributed by atoms with Crippen LogP contribution in [0.25, 0.3) is 22.2 Å². The van der Waals surface area contributed by atoms with E-state index >= 15 is 0 Å². The second-order valence-electron chi connectivity index (χ2n) is 8.74. The van der Waals surface area contributed by atoms with Crippen molar-refractivity contribution < 1.29 is 4.79 Å². The van der Waals surface area contributed by atoms with Crippen molar-refractivity contribution in [1.29, 1.82) is 0 Å². The third-order valence-electron chi connectivity index (χ3n) is 6.45. The van der Waals surface area contributed by atoms with Gasteiger partial charge < -0.3 is 4.90 Å². The van der Waals surface area contributed by atoms with Crippen molar-refractivity contribution in [2.45, 2.75) is 26.2 Å². The van der Waals surface area contributed by atoms with E-state index in [1.807, 2.05) is 54.3 Å². The Morgan fingerprint density at radius 3 is 2.31 bits per heavy atom. The van der Waals surface area contributed by atoms with Crippen molar-refractivity contribution in [3.63, 3.8) is 0 Å². The molecule has 32 heavy (non-hydrogen) atoms. The molecule has 1 fully saturated rings. The molecule has 5 rings (SSSR count). The lowest BCUT2D eigenvalue weighted by atomic mass is 9.89. The minimum atomic E-state index is 0.0625. The van der Waals surface area contributed by atoms with Crippen LogP contribution in [0.5, 0.6) is 0 Å². The highest BCUT2D eigenvalue weighted by Gasteiger charge is 2.28. The molecule has 1 aromatic heterocycles. The van der Waals surface area contributed by atoms with Gasteiger partial charge in [-0.25, -0.2) is 0 Å². The molecule has 0 atom stereocenters. The van der Waals surface area contributed by atoms with Crippen molar-refractivity contribution in [1.82, 2.24) is 15.1 Å². The van der Waals surface area contributed by atoms with Gasteiger partial charge in [-0.2, -0.15) is 0 Å². The van der Waals surface area contributed by atoms with E-state index in [4.69, 9.17) is 0 Å². The second-order valence-corrected chi connectivity index (χ2v) is 8.74. The summed E-state index contributed by atoms with van der Waals surface area (Å²) in [6.45, 7) is 3.60. The van der Waals surface area contributed by atoms with Gasteiger partial charge in [-0.05, 0) is 49.8 Å². The van der Waals surface area contributed by atoms with Crippen molar-refractivity contribution in [3.05, 3.63) is 95.6 Å². The Kier molecular flexibility index (Phi) is 5.68. The molecule has 0 radical (unpaired) electrons. The highest BCUT2D eigenvalue weighted by Crippen LogP contribution is 2.30. The SMILES string of the molecule is Cc1ccc2nnc(-c3ccccc3)c(C(=O)N3CCC(Cc4ccccc4)CC3)c2c1. The maximum atomic E-state index is 13.8. The molecule has 1 aliphatic rings. The summed E-state index contributed by atoms with van der Waals surface area (Å²) in [4.78, 5) is 15.8. The highest BCUT2D eigenvalue weighted by molar-refractivity contribution is 6.10. The minimum absolute atomic E-state index is 0.0625. The van der Waals surface area contributed by atoms with Gasteiger partial charge in [0.1, 0.15) is 5.69 Å². The molecule has 0 bridgehead atoms. The summed E-state index contributed by atoms with van der Waals surface area (Å²) in [5.74, 6) is 0.678. The van der Waals surface area contributed by atoms with Gasteiger partial charge in [-0.3, -0.25) is 4.79 Å². The Bertz CT molecular complexity index is 1230. The first-order chi connectivity index (χ1) is 15.7. The van der Waals surface area contributed by atoms with Crippen LogP contribution >= 0.6 is 0 Å². The summed E-state index contributed by atoms with van der Waals surface area (Å²) in [5.41, 5.74) is 5.51. The maximum Gasteiger partial charge on any atom is 0.256 e. The highest BCUT2D eigenvalue weighted by atomic mass is 16.2. The lowest BCUT2D eigenvalue weighted by Gasteiger charge is -2.32.